The van der Waals surface area contributed by atoms with Crippen molar-refractivity contribution in [1.29, 1.82) is 5.26 Å². The summed E-state index contributed by atoms with van der Waals surface area (Å²) in [4.78, 5) is 13.6. The Kier molecular flexibility index (Phi) is 7.58. The second kappa shape index (κ2) is 10.1. The summed E-state index contributed by atoms with van der Waals surface area (Å²) in [5.41, 5.74) is 5.82. The lowest BCUT2D eigenvalue weighted by atomic mass is 9.79. The van der Waals surface area contributed by atoms with Crippen molar-refractivity contribution in [2.24, 2.45) is 17.6 Å². The molecule has 6 heteroatoms. The van der Waals surface area contributed by atoms with E-state index in [1.165, 1.54) is 19.3 Å². The number of carbonyl (C=O) groups excluding carboxylic acids is 1. The first-order valence-corrected chi connectivity index (χ1v) is 10.8. The summed E-state index contributed by atoms with van der Waals surface area (Å²) in [6.07, 6.45) is 8.67. The molecule has 5 nitrogen and oxygen atoms in total. The minimum Gasteiger partial charge on any atom is -0.489 e. The van der Waals surface area contributed by atoms with Crippen molar-refractivity contribution in [2.75, 3.05) is 19.6 Å². The van der Waals surface area contributed by atoms with Crippen molar-refractivity contribution in [3.8, 4) is 11.8 Å². The van der Waals surface area contributed by atoms with Gasteiger partial charge in [-0.05, 0) is 68.7 Å². The molecule has 0 unspecified atom stereocenters. The van der Waals surface area contributed by atoms with Gasteiger partial charge < -0.3 is 15.4 Å². The smallest absolute Gasteiger partial charge is 0.217 e. The fourth-order valence-corrected chi connectivity index (χ4v) is 4.67. The summed E-state index contributed by atoms with van der Waals surface area (Å²) in [6.45, 7) is 3.22. The van der Waals surface area contributed by atoms with E-state index >= 15 is 0 Å². The minimum absolute atomic E-state index is 0.158. The van der Waals surface area contributed by atoms with E-state index in [-0.39, 0.29) is 12.0 Å². The molecule has 0 atom stereocenters. The number of nitrogens with zero attached hydrogens (tertiary/aromatic N) is 2. The van der Waals surface area contributed by atoms with E-state index in [2.05, 4.69) is 11.0 Å². The third kappa shape index (κ3) is 6.12. The zero-order chi connectivity index (χ0) is 19.9. The molecule has 2 aliphatic rings. The van der Waals surface area contributed by atoms with Gasteiger partial charge >= 0.3 is 0 Å². The number of primary amides is 1. The molecule has 0 radical (unpaired) electrons. The molecule has 1 heterocycles. The predicted octanol–water partition coefficient (Wildman–Crippen LogP) is 4.13. The maximum Gasteiger partial charge on any atom is 0.217 e. The van der Waals surface area contributed by atoms with Gasteiger partial charge in [-0.1, -0.05) is 24.4 Å². The van der Waals surface area contributed by atoms with Gasteiger partial charge in [0.25, 0.3) is 0 Å². The van der Waals surface area contributed by atoms with Gasteiger partial charge in [0.15, 0.2) is 0 Å². The highest BCUT2D eigenvalue weighted by Crippen LogP contribution is 2.33. The van der Waals surface area contributed by atoms with Gasteiger partial charge in [0.05, 0.1) is 5.56 Å². The Balaban J connectivity index is 1.36. The van der Waals surface area contributed by atoms with Crippen LogP contribution in [0.3, 0.4) is 0 Å². The third-order valence-corrected chi connectivity index (χ3v) is 6.44. The Morgan fingerprint density at radius 1 is 1.18 bits per heavy atom. The molecule has 1 saturated carbocycles. The summed E-state index contributed by atoms with van der Waals surface area (Å²) in [5.74, 6) is 1.77. The standard InChI is InChI=1S/C22H30ClN3O2/c23-19-5-6-21(18(14-19)15-24)28-20-8-11-26(12-9-20)10-7-16-1-3-17(4-2-16)13-22(25)27/h5-6,14,16-17,20H,1-4,7-13H2,(H2,25,27). The Hall–Kier alpha value is -1.77. The SMILES string of the molecule is N#Cc1cc(Cl)ccc1OC1CCN(CCC2CCC(CC(N)=O)CC2)CC1. The number of ether oxygens (including phenoxy) is 1. The number of nitrogens with two attached hydrogens (primary N) is 1. The molecular formula is C22H30ClN3O2. The molecule has 1 aromatic carbocycles. The van der Waals surface area contributed by atoms with Crippen molar-refractivity contribution < 1.29 is 9.53 Å². The van der Waals surface area contributed by atoms with E-state index in [0.717, 1.165) is 51.2 Å². The summed E-state index contributed by atoms with van der Waals surface area (Å²) in [6, 6.07) is 7.38. The molecule has 1 aliphatic heterocycles. The second-order valence-corrected chi connectivity index (χ2v) is 8.69. The number of likely N-dealkylation sites (tertiary alicyclic amines) is 1. The van der Waals surface area contributed by atoms with Crippen molar-refractivity contribution in [3.63, 3.8) is 0 Å². The summed E-state index contributed by atoms with van der Waals surface area (Å²) in [7, 11) is 0. The number of piperidine rings is 1. The Morgan fingerprint density at radius 2 is 1.86 bits per heavy atom. The Morgan fingerprint density at radius 3 is 2.50 bits per heavy atom. The lowest BCUT2D eigenvalue weighted by molar-refractivity contribution is -0.119. The fourth-order valence-electron chi connectivity index (χ4n) is 4.50. The van der Waals surface area contributed by atoms with E-state index in [1.54, 1.807) is 18.2 Å². The summed E-state index contributed by atoms with van der Waals surface area (Å²) >= 11 is 5.95. The van der Waals surface area contributed by atoms with Crippen LogP contribution < -0.4 is 10.5 Å². The molecule has 1 amide bonds. The lowest BCUT2D eigenvalue weighted by Gasteiger charge is -2.34. The molecule has 2 N–H and O–H groups in total. The lowest BCUT2D eigenvalue weighted by Crippen LogP contribution is -2.39. The summed E-state index contributed by atoms with van der Waals surface area (Å²) < 4.78 is 6.07. The average Bonchev–Trinajstić information content (AvgIpc) is 2.69. The normalized spacial score (nSPS) is 23.9. The molecule has 152 valence electrons. The van der Waals surface area contributed by atoms with E-state index < -0.39 is 0 Å². The fraction of sp³-hybridized carbons (Fsp3) is 0.636. The molecule has 0 spiro atoms. The van der Waals surface area contributed by atoms with E-state index in [0.29, 0.717) is 28.7 Å². The van der Waals surface area contributed by atoms with E-state index in [4.69, 9.17) is 22.1 Å². The number of nitriles is 1. The Bertz CT molecular complexity index is 702. The second-order valence-electron chi connectivity index (χ2n) is 8.26. The zero-order valence-corrected chi connectivity index (χ0v) is 17.2. The highest BCUT2D eigenvalue weighted by molar-refractivity contribution is 6.30. The number of benzene rings is 1. The molecule has 2 fully saturated rings. The number of rotatable bonds is 7. The maximum absolute atomic E-state index is 11.1. The first-order valence-electron chi connectivity index (χ1n) is 10.4. The van der Waals surface area contributed by atoms with Gasteiger partial charge in [-0.15, -0.1) is 0 Å². The monoisotopic (exact) mass is 403 g/mol. The van der Waals surface area contributed by atoms with Crippen LogP contribution in [0.15, 0.2) is 18.2 Å². The number of halogens is 1. The Labute approximate surface area is 172 Å². The zero-order valence-electron chi connectivity index (χ0n) is 16.4. The van der Waals surface area contributed by atoms with Crippen LogP contribution in [-0.2, 0) is 4.79 Å². The molecule has 1 aromatic rings. The third-order valence-electron chi connectivity index (χ3n) is 6.20. The first-order chi connectivity index (χ1) is 13.5. The van der Waals surface area contributed by atoms with Gasteiger partial charge in [0, 0.05) is 24.5 Å². The van der Waals surface area contributed by atoms with E-state index in [1.807, 2.05) is 0 Å². The van der Waals surface area contributed by atoms with Gasteiger partial charge in [0.2, 0.25) is 5.91 Å². The van der Waals surface area contributed by atoms with Gasteiger partial charge in [-0.25, -0.2) is 0 Å². The van der Waals surface area contributed by atoms with Gasteiger partial charge in [0.1, 0.15) is 17.9 Å². The van der Waals surface area contributed by atoms with Gasteiger partial charge in [-0.2, -0.15) is 5.26 Å². The van der Waals surface area contributed by atoms with E-state index in [9.17, 15) is 10.1 Å². The van der Waals surface area contributed by atoms with Crippen LogP contribution >= 0.6 is 11.6 Å². The van der Waals surface area contributed by atoms with Crippen LogP contribution in [0.2, 0.25) is 5.02 Å². The minimum atomic E-state index is -0.158. The molecule has 1 saturated heterocycles. The molecule has 3 rings (SSSR count). The number of amides is 1. The molecule has 28 heavy (non-hydrogen) atoms. The van der Waals surface area contributed by atoms with Crippen molar-refractivity contribution in [2.45, 2.75) is 57.5 Å². The predicted molar refractivity (Wildman–Crippen MR) is 110 cm³/mol. The quantitative estimate of drug-likeness (QED) is 0.742. The molecule has 0 bridgehead atoms. The topological polar surface area (TPSA) is 79.3 Å². The largest absolute Gasteiger partial charge is 0.489 e. The molecule has 1 aliphatic carbocycles. The van der Waals surface area contributed by atoms with Crippen LogP contribution in [0.5, 0.6) is 5.75 Å². The van der Waals surface area contributed by atoms with Crippen LogP contribution in [-0.4, -0.2) is 36.5 Å². The number of carbonyl (C=O) groups is 1. The van der Waals surface area contributed by atoms with Gasteiger partial charge in [-0.3, -0.25) is 4.79 Å². The average molecular weight is 404 g/mol. The highest BCUT2D eigenvalue weighted by Gasteiger charge is 2.25. The molecular weight excluding hydrogens is 374 g/mol. The van der Waals surface area contributed by atoms with Crippen LogP contribution in [0.1, 0.15) is 56.9 Å². The highest BCUT2D eigenvalue weighted by atomic mass is 35.5. The van der Waals surface area contributed by atoms with Crippen LogP contribution in [0.25, 0.3) is 0 Å². The molecule has 0 aromatic heterocycles. The van der Waals surface area contributed by atoms with Crippen molar-refractivity contribution in [1.82, 2.24) is 4.90 Å². The van der Waals surface area contributed by atoms with Crippen LogP contribution in [0.4, 0.5) is 0 Å². The van der Waals surface area contributed by atoms with Crippen molar-refractivity contribution in [3.05, 3.63) is 28.8 Å². The van der Waals surface area contributed by atoms with Crippen molar-refractivity contribution >= 4 is 17.5 Å². The first kappa shape index (κ1) is 21.0. The number of hydrogen-bond donors (Lipinski definition) is 1. The summed E-state index contributed by atoms with van der Waals surface area (Å²) in [5, 5.41) is 9.81. The van der Waals surface area contributed by atoms with Crippen LogP contribution in [0, 0.1) is 23.2 Å². The maximum atomic E-state index is 11.1. The number of hydrogen-bond acceptors (Lipinski definition) is 4.